The van der Waals surface area contributed by atoms with Crippen LogP contribution in [-0.4, -0.2) is 92.3 Å². The zero-order valence-corrected chi connectivity index (χ0v) is 21.8. The molecular formula is C27H23N9O6. The molecule has 5 N–H and O–H groups in total. The number of para-hydroxylation sites is 3. The van der Waals surface area contributed by atoms with Crippen LogP contribution in [0.3, 0.4) is 0 Å². The van der Waals surface area contributed by atoms with Gasteiger partial charge in [0.25, 0.3) is 5.60 Å². The lowest BCUT2D eigenvalue weighted by atomic mass is 9.81. The Bertz CT molecular complexity index is 1860. The van der Waals surface area contributed by atoms with Crippen LogP contribution in [0.4, 0.5) is 0 Å². The Morgan fingerprint density at radius 2 is 1.07 bits per heavy atom. The van der Waals surface area contributed by atoms with Crippen molar-refractivity contribution in [3.05, 3.63) is 71.3 Å². The Hall–Kier alpha value is -5.41. The number of rotatable bonds is 11. The number of ether oxygens (including phenoxy) is 1. The molecule has 6 aromatic rings. The van der Waals surface area contributed by atoms with Gasteiger partial charge in [-0.2, -0.15) is 46.2 Å². The molecule has 1 unspecified atom stereocenters. The van der Waals surface area contributed by atoms with Gasteiger partial charge in [-0.05, 0) is 34.9 Å². The van der Waals surface area contributed by atoms with Gasteiger partial charge in [0, 0.05) is 12.8 Å². The number of H-pyrrole nitrogens is 3. The minimum absolute atomic E-state index is 0.363. The lowest BCUT2D eigenvalue weighted by molar-refractivity contribution is -0.187. The van der Waals surface area contributed by atoms with Crippen molar-refractivity contribution < 1.29 is 29.3 Å². The number of hydrogen-bond acceptors (Lipinski definition) is 12. The van der Waals surface area contributed by atoms with E-state index in [4.69, 9.17) is 4.74 Å². The Morgan fingerprint density at radius 3 is 1.48 bits per heavy atom. The second-order valence-corrected chi connectivity index (χ2v) is 9.61. The van der Waals surface area contributed by atoms with E-state index in [2.05, 4.69) is 46.2 Å². The Kier molecular flexibility index (Phi) is 6.93. The van der Waals surface area contributed by atoms with Gasteiger partial charge >= 0.3 is 5.97 Å². The number of hydrogen-bond donors (Lipinski definition) is 5. The van der Waals surface area contributed by atoms with E-state index in [1.165, 1.54) is 0 Å². The quantitative estimate of drug-likeness (QED) is 0.105. The monoisotopic (exact) mass is 569 g/mol. The van der Waals surface area contributed by atoms with E-state index in [-0.39, 0.29) is 0 Å². The minimum Gasteiger partial charge on any atom is -0.440 e. The molecule has 0 spiro atoms. The molecule has 42 heavy (non-hydrogen) atoms. The molecule has 6 rings (SSSR count). The number of aliphatic hydroxyl groups is 2. The molecule has 0 aliphatic carbocycles. The van der Waals surface area contributed by atoms with Crippen molar-refractivity contribution in [1.82, 2.24) is 46.2 Å². The summed E-state index contributed by atoms with van der Waals surface area (Å²) in [6.07, 6.45) is -3.42. The molecule has 0 bridgehead atoms. The maximum absolute atomic E-state index is 14.1. The first kappa shape index (κ1) is 26.8. The Labute approximate surface area is 235 Å². The standard InChI is InChI=1S/C27H23N9O6/c37-13-22(40)27(20(38)10-14-4-1-7-17-24(14)31-34-28-17,21(39)11-15-5-2-8-18-25(15)32-35-29-18)42-23(41)12-16-6-3-9-19-26(16)33-36-30-19/h1-9,22,37,40H,10-13H2,(H,28,31,34)(H,29,32,35)(H,30,33,36). The second kappa shape index (κ2) is 10.9. The fraction of sp³-hybridized carbons (Fsp3) is 0.222. The third-order valence-corrected chi connectivity index (χ3v) is 7.07. The van der Waals surface area contributed by atoms with Crippen LogP contribution in [0, 0.1) is 0 Å². The van der Waals surface area contributed by atoms with E-state index in [0.717, 1.165) is 0 Å². The molecule has 0 fully saturated rings. The highest BCUT2D eigenvalue weighted by Gasteiger charge is 2.54. The summed E-state index contributed by atoms with van der Waals surface area (Å²) in [6.45, 7) is -1.05. The molecule has 3 aromatic heterocycles. The molecule has 3 aromatic carbocycles. The van der Waals surface area contributed by atoms with Gasteiger partial charge in [-0.1, -0.05) is 36.4 Å². The fourth-order valence-corrected chi connectivity index (χ4v) is 5.02. The molecule has 0 aliphatic rings. The van der Waals surface area contributed by atoms with Gasteiger partial charge in [0.15, 0.2) is 11.6 Å². The number of ketones is 2. The highest BCUT2D eigenvalue weighted by Crippen LogP contribution is 2.28. The van der Waals surface area contributed by atoms with Crippen LogP contribution in [0.25, 0.3) is 33.1 Å². The van der Waals surface area contributed by atoms with Gasteiger partial charge in [0.05, 0.1) is 13.0 Å². The Morgan fingerprint density at radius 1 is 0.667 bits per heavy atom. The number of Topliss-reactive ketones (excluding diaryl/α,β-unsaturated/α-hetero) is 2. The van der Waals surface area contributed by atoms with Crippen LogP contribution in [0.2, 0.25) is 0 Å². The molecule has 212 valence electrons. The summed E-state index contributed by atoms with van der Waals surface area (Å²) >= 11 is 0. The first-order valence-corrected chi connectivity index (χ1v) is 12.8. The summed E-state index contributed by atoms with van der Waals surface area (Å²) in [6, 6.07) is 14.8. The van der Waals surface area contributed by atoms with Crippen molar-refractivity contribution in [3.63, 3.8) is 0 Å². The number of esters is 1. The molecule has 3 heterocycles. The number of benzene rings is 3. The van der Waals surface area contributed by atoms with Crippen LogP contribution in [0.15, 0.2) is 54.6 Å². The molecule has 0 saturated heterocycles. The minimum atomic E-state index is -2.78. The van der Waals surface area contributed by atoms with Crippen LogP contribution in [0.5, 0.6) is 0 Å². The average molecular weight is 570 g/mol. The van der Waals surface area contributed by atoms with E-state index < -0.39 is 55.1 Å². The van der Waals surface area contributed by atoms with Gasteiger partial charge in [-0.25, -0.2) is 0 Å². The highest BCUT2D eigenvalue weighted by atomic mass is 16.6. The van der Waals surface area contributed by atoms with Gasteiger partial charge < -0.3 is 14.9 Å². The lowest BCUT2D eigenvalue weighted by Gasteiger charge is -2.34. The van der Waals surface area contributed by atoms with Crippen LogP contribution >= 0.6 is 0 Å². The number of aliphatic hydroxyl groups excluding tert-OH is 2. The van der Waals surface area contributed by atoms with Gasteiger partial charge in [-0.15, -0.1) is 0 Å². The first-order valence-electron chi connectivity index (χ1n) is 12.8. The molecule has 0 amide bonds. The third kappa shape index (κ3) is 4.65. The summed E-state index contributed by atoms with van der Waals surface area (Å²) in [7, 11) is 0. The maximum Gasteiger partial charge on any atom is 0.311 e. The van der Waals surface area contributed by atoms with Crippen molar-refractivity contribution in [3.8, 4) is 0 Å². The first-order chi connectivity index (χ1) is 20.4. The molecule has 1 atom stereocenters. The van der Waals surface area contributed by atoms with Crippen LogP contribution in [0.1, 0.15) is 16.7 Å². The SMILES string of the molecule is O=C(Cc1cccc2n[nH]nc12)OC(C(=O)Cc1cccc2n[nH]nc12)(C(=O)Cc1cccc2n[nH]nc12)C(O)CO. The molecule has 0 aliphatic heterocycles. The van der Waals surface area contributed by atoms with Crippen molar-refractivity contribution in [2.45, 2.75) is 31.0 Å². The van der Waals surface area contributed by atoms with Crippen molar-refractivity contribution in [2.75, 3.05) is 6.61 Å². The fourth-order valence-electron chi connectivity index (χ4n) is 5.02. The number of aromatic nitrogens is 9. The predicted octanol–water partition coefficient (Wildman–Crippen LogP) is 0.302. The Balaban J connectivity index is 1.40. The topological polar surface area (TPSA) is 226 Å². The summed E-state index contributed by atoms with van der Waals surface area (Å²) in [5.41, 5.74) is 0.937. The number of fused-ring (bicyclic) bond motifs is 3. The summed E-state index contributed by atoms with van der Waals surface area (Å²) in [5, 5.41) is 52.8. The van der Waals surface area contributed by atoms with E-state index in [1.807, 2.05) is 0 Å². The maximum atomic E-state index is 14.1. The van der Waals surface area contributed by atoms with Gasteiger partial charge in [-0.3, -0.25) is 14.4 Å². The highest BCUT2D eigenvalue weighted by molar-refractivity contribution is 6.14. The van der Waals surface area contributed by atoms with E-state index in [1.54, 1.807) is 54.6 Å². The van der Waals surface area contributed by atoms with E-state index >= 15 is 0 Å². The van der Waals surface area contributed by atoms with Crippen molar-refractivity contribution >= 4 is 50.6 Å². The van der Waals surface area contributed by atoms with Crippen LogP contribution < -0.4 is 0 Å². The smallest absolute Gasteiger partial charge is 0.311 e. The summed E-state index contributed by atoms with van der Waals surface area (Å²) < 4.78 is 5.68. The van der Waals surface area contributed by atoms with Gasteiger partial charge in [0.2, 0.25) is 0 Å². The largest absolute Gasteiger partial charge is 0.440 e. The van der Waals surface area contributed by atoms with E-state index in [9.17, 15) is 24.6 Å². The van der Waals surface area contributed by atoms with E-state index in [0.29, 0.717) is 49.8 Å². The average Bonchev–Trinajstić information content (AvgIpc) is 3.77. The number of carbonyl (C=O) groups excluding carboxylic acids is 3. The molecular weight excluding hydrogens is 546 g/mol. The number of aromatic amines is 3. The number of nitrogens with one attached hydrogen (secondary N) is 3. The second-order valence-electron chi connectivity index (χ2n) is 9.61. The lowest BCUT2D eigenvalue weighted by Crippen LogP contribution is -2.61. The predicted molar refractivity (Wildman–Crippen MR) is 145 cm³/mol. The zero-order valence-electron chi connectivity index (χ0n) is 21.8. The zero-order chi connectivity index (χ0) is 29.3. The molecule has 15 nitrogen and oxygen atoms in total. The number of carbonyl (C=O) groups is 3. The number of nitrogens with zero attached hydrogens (tertiary/aromatic N) is 6. The third-order valence-electron chi connectivity index (χ3n) is 7.07. The molecule has 0 radical (unpaired) electrons. The molecule has 15 heteroatoms. The van der Waals surface area contributed by atoms with Crippen molar-refractivity contribution in [2.24, 2.45) is 0 Å². The normalized spacial score (nSPS) is 12.6. The van der Waals surface area contributed by atoms with Gasteiger partial charge in [0.1, 0.15) is 39.2 Å². The van der Waals surface area contributed by atoms with Crippen molar-refractivity contribution in [1.29, 1.82) is 0 Å². The van der Waals surface area contributed by atoms with Crippen LogP contribution in [-0.2, 0) is 38.4 Å². The molecule has 0 saturated carbocycles. The summed E-state index contributed by atoms with van der Waals surface area (Å²) in [5.74, 6) is -2.91. The summed E-state index contributed by atoms with van der Waals surface area (Å²) in [4.78, 5) is 41.7.